The van der Waals surface area contributed by atoms with Crippen LogP contribution in [0.1, 0.15) is 12.5 Å². The van der Waals surface area contributed by atoms with Gasteiger partial charge in [0.15, 0.2) is 0 Å². The minimum atomic E-state index is -0.426. The molecule has 0 aromatic heterocycles. The zero-order valence-electron chi connectivity index (χ0n) is 13.4. The molecule has 2 rings (SSSR count). The van der Waals surface area contributed by atoms with Gasteiger partial charge in [0.25, 0.3) is 0 Å². The fourth-order valence-electron chi connectivity index (χ4n) is 2.18. The molecule has 0 saturated heterocycles. The molecule has 0 heterocycles. The molecule has 2 aromatic rings. The van der Waals surface area contributed by atoms with Gasteiger partial charge < -0.3 is 20.1 Å². The van der Waals surface area contributed by atoms with Crippen LogP contribution in [0, 0.1) is 0 Å². The van der Waals surface area contributed by atoms with E-state index in [2.05, 4.69) is 5.32 Å². The van der Waals surface area contributed by atoms with Crippen molar-refractivity contribution in [1.29, 1.82) is 0 Å². The van der Waals surface area contributed by atoms with Crippen molar-refractivity contribution in [3.63, 3.8) is 0 Å². The summed E-state index contributed by atoms with van der Waals surface area (Å²) in [6.07, 6.45) is 0. The molecule has 2 N–H and O–H groups in total. The van der Waals surface area contributed by atoms with Gasteiger partial charge in [0.1, 0.15) is 5.75 Å². The second-order valence-electron chi connectivity index (χ2n) is 5.18. The number of urea groups is 1. The number of hydrogen-bond acceptors (Lipinski definition) is 4. The molecule has 0 bridgehead atoms. The first-order chi connectivity index (χ1) is 11.6. The fourth-order valence-corrected chi connectivity index (χ4v) is 2.18. The summed E-state index contributed by atoms with van der Waals surface area (Å²) in [7, 11) is 0. The zero-order chi connectivity index (χ0) is 17.4. The standard InChI is InChI=1S/C18H20N2O4/c1-14(22)24-17-9-5-8-16(12-17)19-18(23)20(10-11-21)13-15-6-3-2-4-7-15/h2-9,12,21H,10-11,13H2,1H3,(H,19,23). The van der Waals surface area contributed by atoms with Crippen molar-refractivity contribution in [2.75, 3.05) is 18.5 Å². The average Bonchev–Trinajstić information content (AvgIpc) is 2.55. The van der Waals surface area contributed by atoms with Crippen molar-refractivity contribution < 1.29 is 19.4 Å². The Morgan fingerprint density at radius 3 is 2.54 bits per heavy atom. The van der Waals surface area contributed by atoms with Crippen LogP contribution in [0.2, 0.25) is 0 Å². The van der Waals surface area contributed by atoms with E-state index in [4.69, 9.17) is 4.74 Å². The number of nitrogens with one attached hydrogen (secondary N) is 1. The van der Waals surface area contributed by atoms with E-state index in [-0.39, 0.29) is 19.2 Å². The number of benzene rings is 2. The second kappa shape index (κ2) is 8.69. The van der Waals surface area contributed by atoms with Crippen LogP contribution in [0.25, 0.3) is 0 Å². The number of amides is 2. The highest BCUT2D eigenvalue weighted by atomic mass is 16.5. The smallest absolute Gasteiger partial charge is 0.322 e. The lowest BCUT2D eigenvalue weighted by atomic mass is 10.2. The number of carbonyl (C=O) groups excluding carboxylic acids is 2. The van der Waals surface area contributed by atoms with Crippen LogP contribution in [0.15, 0.2) is 54.6 Å². The third-order valence-electron chi connectivity index (χ3n) is 3.22. The highest BCUT2D eigenvalue weighted by Gasteiger charge is 2.14. The summed E-state index contributed by atoms with van der Waals surface area (Å²) in [6.45, 7) is 1.78. The summed E-state index contributed by atoms with van der Waals surface area (Å²) in [5.74, 6) is -0.0680. The molecule has 0 aliphatic carbocycles. The molecule has 0 atom stereocenters. The van der Waals surface area contributed by atoms with Gasteiger partial charge >= 0.3 is 12.0 Å². The maximum atomic E-state index is 12.4. The third kappa shape index (κ3) is 5.40. The molecule has 24 heavy (non-hydrogen) atoms. The molecular weight excluding hydrogens is 308 g/mol. The molecule has 0 unspecified atom stereocenters. The normalized spacial score (nSPS) is 10.1. The van der Waals surface area contributed by atoms with E-state index in [9.17, 15) is 14.7 Å². The van der Waals surface area contributed by atoms with Gasteiger partial charge in [-0.2, -0.15) is 0 Å². The minimum absolute atomic E-state index is 0.131. The molecule has 126 valence electrons. The monoisotopic (exact) mass is 328 g/mol. The SMILES string of the molecule is CC(=O)Oc1cccc(NC(=O)N(CCO)Cc2ccccc2)c1. The third-order valence-corrected chi connectivity index (χ3v) is 3.22. The van der Waals surface area contributed by atoms with Crippen LogP contribution >= 0.6 is 0 Å². The van der Waals surface area contributed by atoms with Crippen LogP contribution in [0.4, 0.5) is 10.5 Å². The number of aliphatic hydroxyl groups excluding tert-OH is 1. The first-order valence-corrected chi connectivity index (χ1v) is 7.57. The van der Waals surface area contributed by atoms with Crippen LogP contribution in [-0.2, 0) is 11.3 Å². The summed E-state index contributed by atoms with van der Waals surface area (Å²) in [4.78, 5) is 24.9. The summed E-state index contributed by atoms with van der Waals surface area (Å²) in [6, 6.07) is 15.8. The van der Waals surface area contributed by atoms with Crippen LogP contribution in [0.3, 0.4) is 0 Å². The first-order valence-electron chi connectivity index (χ1n) is 7.57. The maximum absolute atomic E-state index is 12.4. The number of esters is 1. The van der Waals surface area contributed by atoms with Gasteiger partial charge in [-0.25, -0.2) is 4.79 Å². The van der Waals surface area contributed by atoms with Crippen molar-refractivity contribution in [2.45, 2.75) is 13.5 Å². The minimum Gasteiger partial charge on any atom is -0.427 e. The highest BCUT2D eigenvalue weighted by molar-refractivity contribution is 5.89. The summed E-state index contributed by atoms with van der Waals surface area (Å²) in [5.41, 5.74) is 1.48. The quantitative estimate of drug-likeness (QED) is 0.631. The highest BCUT2D eigenvalue weighted by Crippen LogP contribution is 2.18. The fraction of sp³-hybridized carbons (Fsp3) is 0.222. The number of hydrogen-bond donors (Lipinski definition) is 2. The van der Waals surface area contributed by atoms with Gasteiger partial charge in [-0.1, -0.05) is 36.4 Å². The van der Waals surface area contributed by atoms with E-state index in [1.165, 1.54) is 11.8 Å². The van der Waals surface area contributed by atoms with Crippen molar-refractivity contribution in [2.24, 2.45) is 0 Å². The average molecular weight is 328 g/mol. The summed E-state index contributed by atoms with van der Waals surface area (Å²) < 4.78 is 5.00. The van der Waals surface area contributed by atoms with Crippen LogP contribution in [0.5, 0.6) is 5.75 Å². The van der Waals surface area contributed by atoms with Gasteiger partial charge in [-0.3, -0.25) is 4.79 Å². The number of nitrogens with zero attached hydrogens (tertiary/aromatic N) is 1. The van der Waals surface area contributed by atoms with Gasteiger partial charge in [-0.05, 0) is 17.7 Å². The van der Waals surface area contributed by atoms with E-state index in [1.54, 1.807) is 24.3 Å². The van der Waals surface area contributed by atoms with E-state index >= 15 is 0 Å². The van der Waals surface area contributed by atoms with Crippen LogP contribution in [-0.4, -0.2) is 35.2 Å². The number of anilines is 1. The van der Waals surface area contributed by atoms with Crippen molar-refractivity contribution in [3.8, 4) is 5.75 Å². The van der Waals surface area contributed by atoms with Gasteiger partial charge in [0, 0.05) is 31.8 Å². The lowest BCUT2D eigenvalue weighted by Crippen LogP contribution is -2.36. The molecule has 0 saturated carbocycles. The molecule has 0 spiro atoms. The molecule has 6 nitrogen and oxygen atoms in total. The number of aliphatic hydroxyl groups is 1. The van der Waals surface area contributed by atoms with E-state index in [0.717, 1.165) is 5.56 Å². The Morgan fingerprint density at radius 2 is 1.88 bits per heavy atom. The first kappa shape index (κ1) is 17.5. The molecule has 0 aliphatic heterocycles. The summed E-state index contributed by atoms with van der Waals surface area (Å²) in [5, 5.41) is 11.9. The predicted octanol–water partition coefficient (Wildman–Crippen LogP) is 2.64. The van der Waals surface area contributed by atoms with Crippen molar-refractivity contribution in [3.05, 3.63) is 60.2 Å². The lowest BCUT2D eigenvalue weighted by Gasteiger charge is -2.22. The Morgan fingerprint density at radius 1 is 1.12 bits per heavy atom. The largest absolute Gasteiger partial charge is 0.427 e. The molecule has 2 aromatic carbocycles. The summed E-state index contributed by atoms with van der Waals surface area (Å²) >= 11 is 0. The topological polar surface area (TPSA) is 78.9 Å². The zero-order valence-corrected chi connectivity index (χ0v) is 13.4. The van der Waals surface area contributed by atoms with Gasteiger partial charge in [0.05, 0.1) is 6.61 Å². The molecular formula is C18H20N2O4. The van der Waals surface area contributed by atoms with E-state index in [0.29, 0.717) is 18.0 Å². The Labute approximate surface area is 140 Å². The number of carbonyl (C=O) groups is 2. The lowest BCUT2D eigenvalue weighted by molar-refractivity contribution is -0.131. The molecule has 0 fully saturated rings. The van der Waals surface area contributed by atoms with E-state index < -0.39 is 5.97 Å². The Hall–Kier alpha value is -2.86. The number of ether oxygens (including phenoxy) is 1. The Bertz CT molecular complexity index is 688. The molecule has 2 amide bonds. The van der Waals surface area contributed by atoms with Crippen molar-refractivity contribution >= 4 is 17.7 Å². The van der Waals surface area contributed by atoms with Crippen LogP contribution < -0.4 is 10.1 Å². The predicted molar refractivity (Wildman–Crippen MR) is 90.7 cm³/mol. The maximum Gasteiger partial charge on any atom is 0.322 e. The second-order valence-corrected chi connectivity index (χ2v) is 5.18. The Balaban J connectivity index is 2.06. The number of rotatable bonds is 6. The van der Waals surface area contributed by atoms with Gasteiger partial charge in [-0.15, -0.1) is 0 Å². The van der Waals surface area contributed by atoms with E-state index in [1.807, 2.05) is 30.3 Å². The Kier molecular flexibility index (Phi) is 6.33. The molecule has 0 radical (unpaired) electrons. The van der Waals surface area contributed by atoms with Gasteiger partial charge in [0.2, 0.25) is 0 Å². The van der Waals surface area contributed by atoms with Crippen molar-refractivity contribution in [1.82, 2.24) is 4.90 Å². The molecule has 6 heteroatoms. The molecule has 0 aliphatic rings.